The van der Waals surface area contributed by atoms with Crippen molar-refractivity contribution < 1.29 is 15.0 Å². The Morgan fingerprint density at radius 1 is 1.31 bits per heavy atom. The molecule has 1 aromatic carbocycles. The molecule has 4 heteroatoms. The summed E-state index contributed by atoms with van der Waals surface area (Å²) in [5.74, 6) is -0.947. The third-order valence-corrected chi connectivity index (χ3v) is 2.02. The van der Waals surface area contributed by atoms with Gasteiger partial charge in [0, 0.05) is 6.54 Å². The largest absolute Gasteiger partial charge is 0.507 e. The Labute approximate surface area is 94.2 Å². The third-order valence-electron chi connectivity index (χ3n) is 2.02. The molecule has 0 aliphatic rings. The van der Waals surface area contributed by atoms with E-state index in [1.165, 1.54) is 18.2 Å². The molecule has 1 aromatic rings. The molecule has 0 saturated heterocycles. The number of benzene rings is 1. The Kier molecular flexibility index (Phi) is 3.94. The lowest BCUT2D eigenvalue weighted by atomic mass is 10.1. The number of nitrogens with one attached hydrogen (secondary N) is 1. The van der Waals surface area contributed by atoms with E-state index in [1.54, 1.807) is 0 Å². The van der Waals surface area contributed by atoms with E-state index in [9.17, 15) is 15.0 Å². The fourth-order valence-electron chi connectivity index (χ4n) is 1.20. The first-order valence-corrected chi connectivity index (χ1v) is 4.95. The van der Waals surface area contributed by atoms with Crippen molar-refractivity contribution in [2.45, 2.75) is 13.8 Å². The summed E-state index contributed by atoms with van der Waals surface area (Å²) in [6.45, 7) is 4.21. The minimum atomic E-state index is -0.492. The maximum atomic E-state index is 11.6. The minimum Gasteiger partial charge on any atom is -0.507 e. The highest BCUT2D eigenvalue weighted by atomic mass is 16.3. The van der Waals surface area contributed by atoms with Gasteiger partial charge in [0.05, 0.1) is 0 Å². The average molecular weight is 221 g/mol. The lowest BCUT2D eigenvalue weighted by molar-refractivity contribution is 0.0952. The van der Waals surface area contributed by atoms with Gasteiger partial charge in [-0.1, -0.05) is 17.7 Å². The molecule has 0 bridgehead atoms. The monoisotopic (exact) mass is 221 g/mol. The molecule has 86 valence electrons. The van der Waals surface area contributed by atoms with Crippen LogP contribution in [-0.2, 0) is 0 Å². The quantitative estimate of drug-likeness (QED) is 0.681. The number of phenols is 2. The predicted molar refractivity (Wildman–Crippen MR) is 61.5 cm³/mol. The maximum absolute atomic E-state index is 11.6. The van der Waals surface area contributed by atoms with Crippen LogP contribution in [0.15, 0.2) is 29.8 Å². The Morgan fingerprint density at radius 3 is 2.38 bits per heavy atom. The Hall–Kier alpha value is -1.97. The summed E-state index contributed by atoms with van der Waals surface area (Å²) in [4.78, 5) is 11.6. The molecule has 16 heavy (non-hydrogen) atoms. The van der Waals surface area contributed by atoms with Gasteiger partial charge in [-0.25, -0.2) is 0 Å². The van der Waals surface area contributed by atoms with Crippen LogP contribution in [0.2, 0.25) is 0 Å². The topological polar surface area (TPSA) is 69.6 Å². The zero-order valence-electron chi connectivity index (χ0n) is 9.32. The van der Waals surface area contributed by atoms with Crippen LogP contribution in [0.5, 0.6) is 11.5 Å². The van der Waals surface area contributed by atoms with Gasteiger partial charge in [-0.3, -0.25) is 4.79 Å². The van der Waals surface area contributed by atoms with Crippen molar-refractivity contribution in [2.24, 2.45) is 0 Å². The van der Waals surface area contributed by atoms with Gasteiger partial charge in [0.1, 0.15) is 17.1 Å². The van der Waals surface area contributed by atoms with Crippen molar-refractivity contribution >= 4 is 5.91 Å². The van der Waals surface area contributed by atoms with E-state index in [0.717, 1.165) is 5.57 Å². The summed E-state index contributed by atoms with van der Waals surface area (Å²) in [6.07, 6.45) is 1.84. The molecule has 1 amide bonds. The number of hydrogen-bond donors (Lipinski definition) is 3. The molecule has 0 aromatic heterocycles. The van der Waals surface area contributed by atoms with Gasteiger partial charge in [0.2, 0.25) is 0 Å². The van der Waals surface area contributed by atoms with Crippen LogP contribution in [0.1, 0.15) is 24.2 Å². The van der Waals surface area contributed by atoms with Gasteiger partial charge in [0.15, 0.2) is 0 Å². The first-order valence-electron chi connectivity index (χ1n) is 4.95. The van der Waals surface area contributed by atoms with E-state index in [4.69, 9.17) is 0 Å². The van der Waals surface area contributed by atoms with Crippen molar-refractivity contribution in [3.8, 4) is 11.5 Å². The van der Waals surface area contributed by atoms with Crippen LogP contribution in [0, 0.1) is 0 Å². The van der Waals surface area contributed by atoms with Gasteiger partial charge >= 0.3 is 0 Å². The molecule has 4 nitrogen and oxygen atoms in total. The van der Waals surface area contributed by atoms with E-state index in [1.807, 2.05) is 19.9 Å². The number of carbonyl (C=O) groups is 1. The van der Waals surface area contributed by atoms with E-state index in [2.05, 4.69) is 5.32 Å². The number of carbonyl (C=O) groups excluding carboxylic acids is 1. The molecule has 0 spiro atoms. The molecular weight excluding hydrogens is 206 g/mol. The predicted octanol–water partition coefficient (Wildman–Crippen LogP) is 1.79. The second-order valence-electron chi connectivity index (χ2n) is 3.66. The highest BCUT2D eigenvalue weighted by Crippen LogP contribution is 2.25. The van der Waals surface area contributed by atoms with Crippen LogP contribution in [-0.4, -0.2) is 22.7 Å². The number of amides is 1. The highest BCUT2D eigenvalue weighted by molar-refractivity contribution is 5.99. The van der Waals surface area contributed by atoms with E-state index < -0.39 is 5.91 Å². The van der Waals surface area contributed by atoms with Gasteiger partial charge in [0.25, 0.3) is 5.91 Å². The van der Waals surface area contributed by atoms with Crippen molar-refractivity contribution in [3.05, 3.63) is 35.4 Å². The summed E-state index contributed by atoms with van der Waals surface area (Å²) >= 11 is 0. The smallest absolute Gasteiger partial charge is 0.259 e. The average Bonchev–Trinajstić information content (AvgIpc) is 2.16. The zero-order chi connectivity index (χ0) is 12.1. The first-order chi connectivity index (χ1) is 7.52. The minimum absolute atomic E-state index is 0.0929. The van der Waals surface area contributed by atoms with Gasteiger partial charge in [-0.2, -0.15) is 0 Å². The Morgan fingerprint density at radius 2 is 1.88 bits per heavy atom. The number of hydrogen-bond acceptors (Lipinski definition) is 3. The van der Waals surface area contributed by atoms with Crippen LogP contribution in [0.4, 0.5) is 0 Å². The van der Waals surface area contributed by atoms with E-state index in [0.29, 0.717) is 6.54 Å². The number of allylic oxidation sites excluding steroid dienone is 1. The Bertz CT molecular complexity index is 400. The second-order valence-corrected chi connectivity index (χ2v) is 3.66. The summed E-state index contributed by atoms with van der Waals surface area (Å²) in [6, 6.07) is 4.18. The van der Waals surface area contributed by atoms with Crippen molar-refractivity contribution in [1.29, 1.82) is 0 Å². The lowest BCUT2D eigenvalue weighted by Gasteiger charge is -2.06. The normalized spacial score (nSPS) is 9.62. The summed E-state index contributed by atoms with van der Waals surface area (Å²) < 4.78 is 0. The van der Waals surface area contributed by atoms with Crippen molar-refractivity contribution in [1.82, 2.24) is 5.32 Å². The highest BCUT2D eigenvalue weighted by Gasteiger charge is 2.14. The van der Waals surface area contributed by atoms with Crippen LogP contribution >= 0.6 is 0 Å². The second kappa shape index (κ2) is 5.21. The standard InChI is InChI=1S/C12H15NO3/c1-8(2)6-7-13-12(16)11-9(14)4-3-5-10(11)15/h3-6,14-15H,7H2,1-2H3,(H,13,16). The summed E-state index contributed by atoms with van der Waals surface area (Å²) in [7, 11) is 0. The molecule has 0 fully saturated rings. The molecule has 0 saturated carbocycles. The van der Waals surface area contributed by atoms with Gasteiger partial charge in [-0.05, 0) is 26.0 Å². The van der Waals surface area contributed by atoms with E-state index >= 15 is 0 Å². The SMILES string of the molecule is CC(C)=CCNC(=O)c1c(O)cccc1O. The molecule has 1 rings (SSSR count). The molecule has 0 aliphatic heterocycles. The first kappa shape index (κ1) is 12.1. The fourth-order valence-corrected chi connectivity index (χ4v) is 1.20. The molecule has 0 heterocycles. The number of rotatable bonds is 3. The zero-order valence-corrected chi connectivity index (χ0v) is 9.32. The molecular formula is C12H15NO3. The maximum Gasteiger partial charge on any atom is 0.259 e. The molecule has 0 aliphatic carbocycles. The lowest BCUT2D eigenvalue weighted by Crippen LogP contribution is -2.23. The van der Waals surface area contributed by atoms with Crippen molar-refractivity contribution in [3.63, 3.8) is 0 Å². The van der Waals surface area contributed by atoms with Gasteiger partial charge < -0.3 is 15.5 Å². The molecule has 0 unspecified atom stereocenters. The van der Waals surface area contributed by atoms with Gasteiger partial charge in [-0.15, -0.1) is 0 Å². The van der Waals surface area contributed by atoms with E-state index in [-0.39, 0.29) is 17.1 Å². The third kappa shape index (κ3) is 3.02. The summed E-state index contributed by atoms with van der Waals surface area (Å²) in [5, 5.41) is 21.4. The number of aromatic hydroxyl groups is 2. The van der Waals surface area contributed by atoms with Crippen LogP contribution in [0.3, 0.4) is 0 Å². The molecule has 0 atom stereocenters. The van der Waals surface area contributed by atoms with Crippen LogP contribution in [0.25, 0.3) is 0 Å². The fraction of sp³-hybridized carbons (Fsp3) is 0.250. The Balaban J connectivity index is 2.77. The van der Waals surface area contributed by atoms with Crippen molar-refractivity contribution in [2.75, 3.05) is 6.54 Å². The molecule has 0 radical (unpaired) electrons. The molecule has 3 N–H and O–H groups in total. The van der Waals surface area contributed by atoms with Crippen LogP contribution < -0.4 is 5.32 Å². The number of phenolic OH excluding ortho intramolecular Hbond substituents is 2. The summed E-state index contributed by atoms with van der Waals surface area (Å²) in [5.41, 5.74) is 0.992.